The van der Waals surface area contributed by atoms with Crippen LogP contribution in [0.4, 0.5) is 0 Å². The first-order chi connectivity index (χ1) is 9.36. The van der Waals surface area contributed by atoms with Crippen LogP contribution >= 0.6 is 0 Å². The molecule has 0 saturated carbocycles. The number of hydrogen-bond acceptors (Lipinski definition) is 2. The number of fused-ring (bicyclic) bond motifs is 1. The Kier molecular flexibility index (Phi) is 3.06. The number of aromatic amines is 2. The first-order valence-electron chi connectivity index (χ1n) is 6.11. The fourth-order valence-electron chi connectivity index (χ4n) is 2.02. The third-order valence-electron chi connectivity index (χ3n) is 2.94. The summed E-state index contributed by atoms with van der Waals surface area (Å²) in [7, 11) is 1.64. The van der Waals surface area contributed by atoms with E-state index in [0.717, 1.165) is 28.4 Å². The molecule has 19 heavy (non-hydrogen) atoms. The Morgan fingerprint density at radius 1 is 1.00 bits per heavy atom. The maximum atomic E-state index is 5.76. The number of ether oxygens (including phenoxy) is 2. The lowest BCUT2D eigenvalue weighted by atomic mass is 10.3. The Balaban J connectivity index is 1.78. The van der Waals surface area contributed by atoms with Crippen molar-refractivity contribution in [3.8, 4) is 11.5 Å². The van der Waals surface area contributed by atoms with E-state index in [1.165, 1.54) is 0 Å². The molecule has 1 heterocycles. The fraction of sp³-hybridized carbons (Fsp3) is 0.133. The van der Waals surface area contributed by atoms with Gasteiger partial charge in [0.05, 0.1) is 7.11 Å². The first-order valence-corrected chi connectivity index (χ1v) is 6.11. The van der Waals surface area contributed by atoms with Crippen molar-refractivity contribution in [2.24, 2.45) is 0 Å². The molecular formula is C15H15N2O2+. The second kappa shape index (κ2) is 5.02. The van der Waals surface area contributed by atoms with E-state index in [1.54, 1.807) is 7.11 Å². The molecule has 0 aliphatic heterocycles. The third-order valence-corrected chi connectivity index (χ3v) is 2.94. The molecule has 0 spiro atoms. The number of para-hydroxylation sites is 4. The summed E-state index contributed by atoms with van der Waals surface area (Å²) in [5, 5.41) is 0. The van der Waals surface area contributed by atoms with Crippen LogP contribution in [0.1, 0.15) is 5.82 Å². The van der Waals surface area contributed by atoms with Crippen LogP contribution in [0.5, 0.6) is 11.5 Å². The maximum absolute atomic E-state index is 5.76. The number of H-pyrrole nitrogens is 2. The fourth-order valence-corrected chi connectivity index (χ4v) is 2.02. The number of benzene rings is 2. The Morgan fingerprint density at radius 2 is 1.74 bits per heavy atom. The summed E-state index contributed by atoms with van der Waals surface area (Å²) < 4.78 is 11.0. The Hall–Kier alpha value is -2.49. The van der Waals surface area contributed by atoms with E-state index in [2.05, 4.69) is 9.97 Å². The Labute approximate surface area is 111 Å². The van der Waals surface area contributed by atoms with Gasteiger partial charge in [-0.2, -0.15) is 0 Å². The molecule has 2 aromatic carbocycles. The maximum Gasteiger partial charge on any atom is 0.291 e. The van der Waals surface area contributed by atoms with E-state index < -0.39 is 0 Å². The zero-order chi connectivity index (χ0) is 13.1. The molecule has 1 aromatic heterocycles. The first kappa shape index (κ1) is 11.6. The highest BCUT2D eigenvalue weighted by molar-refractivity contribution is 5.70. The van der Waals surface area contributed by atoms with Crippen molar-refractivity contribution in [1.82, 2.24) is 4.98 Å². The number of methoxy groups -OCH3 is 1. The Bertz CT molecular complexity index is 658. The van der Waals surface area contributed by atoms with Gasteiger partial charge in [0.1, 0.15) is 0 Å². The van der Waals surface area contributed by atoms with Crippen LogP contribution < -0.4 is 14.5 Å². The summed E-state index contributed by atoms with van der Waals surface area (Å²) in [6.45, 7) is 0.440. The SMILES string of the molecule is COc1ccccc1OCc1[nH]c2ccccc2[nH+]1. The second-order valence-corrected chi connectivity index (χ2v) is 4.21. The molecule has 0 aliphatic carbocycles. The summed E-state index contributed by atoms with van der Waals surface area (Å²) in [6.07, 6.45) is 0. The predicted molar refractivity (Wildman–Crippen MR) is 72.2 cm³/mol. The minimum Gasteiger partial charge on any atom is -0.493 e. The zero-order valence-corrected chi connectivity index (χ0v) is 10.6. The highest BCUT2D eigenvalue weighted by atomic mass is 16.5. The van der Waals surface area contributed by atoms with Gasteiger partial charge in [-0.25, -0.2) is 9.97 Å². The quantitative estimate of drug-likeness (QED) is 0.779. The lowest BCUT2D eigenvalue weighted by Crippen LogP contribution is -2.10. The van der Waals surface area contributed by atoms with Crippen molar-refractivity contribution < 1.29 is 14.5 Å². The van der Waals surface area contributed by atoms with Gasteiger partial charge >= 0.3 is 0 Å². The molecule has 0 amide bonds. The molecule has 3 aromatic rings. The summed E-state index contributed by atoms with van der Waals surface area (Å²) in [4.78, 5) is 6.56. The largest absolute Gasteiger partial charge is 0.493 e. The van der Waals surface area contributed by atoms with Crippen molar-refractivity contribution >= 4 is 11.0 Å². The average molecular weight is 255 g/mol. The van der Waals surface area contributed by atoms with Gasteiger partial charge in [-0.15, -0.1) is 0 Å². The smallest absolute Gasteiger partial charge is 0.291 e. The molecule has 0 aliphatic rings. The predicted octanol–water partition coefficient (Wildman–Crippen LogP) is 2.57. The van der Waals surface area contributed by atoms with Crippen molar-refractivity contribution in [1.29, 1.82) is 0 Å². The highest BCUT2D eigenvalue weighted by Gasteiger charge is 2.11. The van der Waals surface area contributed by atoms with E-state index in [4.69, 9.17) is 9.47 Å². The standard InChI is InChI=1S/C15H14N2O2/c1-18-13-8-4-5-9-14(13)19-10-15-16-11-6-2-3-7-12(11)17-15/h2-9H,10H2,1H3,(H,16,17)/p+1. The molecule has 0 bridgehead atoms. The van der Waals surface area contributed by atoms with Crippen LogP contribution in [0.15, 0.2) is 48.5 Å². The van der Waals surface area contributed by atoms with Crippen LogP contribution in [-0.4, -0.2) is 12.1 Å². The zero-order valence-electron chi connectivity index (χ0n) is 10.6. The Morgan fingerprint density at radius 3 is 2.53 bits per heavy atom. The van der Waals surface area contributed by atoms with Crippen molar-refractivity contribution in [2.45, 2.75) is 6.61 Å². The van der Waals surface area contributed by atoms with Gasteiger partial charge in [-0.3, -0.25) is 0 Å². The number of aromatic nitrogens is 2. The molecule has 0 saturated heterocycles. The minimum absolute atomic E-state index is 0.440. The van der Waals surface area contributed by atoms with Gasteiger partial charge in [0.15, 0.2) is 29.1 Å². The summed E-state index contributed by atoms with van der Waals surface area (Å²) in [5.41, 5.74) is 2.14. The third kappa shape index (κ3) is 2.38. The van der Waals surface area contributed by atoms with Crippen molar-refractivity contribution in [3.05, 3.63) is 54.4 Å². The van der Waals surface area contributed by atoms with Gasteiger partial charge in [0, 0.05) is 0 Å². The van der Waals surface area contributed by atoms with Gasteiger partial charge in [-0.05, 0) is 24.3 Å². The number of rotatable bonds is 4. The van der Waals surface area contributed by atoms with Crippen molar-refractivity contribution in [3.63, 3.8) is 0 Å². The summed E-state index contributed by atoms with van der Waals surface area (Å²) in [5.74, 6) is 2.39. The molecule has 96 valence electrons. The number of imidazole rings is 1. The van der Waals surface area contributed by atoms with E-state index in [1.807, 2.05) is 48.5 Å². The normalized spacial score (nSPS) is 10.6. The van der Waals surface area contributed by atoms with Crippen LogP contribution in [0.2, 0.25) is 0 Å². The monoisotopic (exact) mass is 255 g/mol. The molecule has 2 N–H and O–H groups in total. The van der Waals surface area contributed by atoms with E-state index >= 15 is 0 Å². The molecule has 0 radical (unpaired) electrons. The summed E-state index contributed by atoms with van der Waals surface area (Å²) in [6, 6.07) is 15.7. The van der Waals surface area contributed by atoms with Gasteiger partial charge in [-0.1, -0.05) is 24.3 Å². The number of nitrogens with one attached hydrogen (secondary N) is 2. The molecule has 0 atom stereocenters. The van der Waals surface area contributed by atoms with Crippen LogP contribution in [0.3, 0.4) is 0 Å². The molecule has 4 heteroatoms. The molecule has 3 rings (SSSR count). The number of hydrogen-bond donors (Lipinski definition) is 1. The van der Waals surface area contributed by atoms with Crippen LogP contribution in [0.25, 0.3) is 11.0 Å². The lowest BCUT2D eigenvalue weighted by Gasteiger charge is -2.07. The molecule has 4 nitrogen and oxygen atoms in total. The highest BCUT2D eigenvalue weighted by Crippen LogP contribution is 2.26. The molecule has 0 unspecified atom stereocenters. The second-order valence-electron chi connectivity index (χ2n) is 4.21. The van der Waals surface area contributed by atoms with E-state index in [-0.39, 0.29) is 0 Å². The molecule has 0 fully saturated rings. The van der Waals surface area contributed by atoms with Gasteiger partial charge in [0.2, 0.25) is 0 Å². The van der Waals surface area contributed by atoms with Crippen molar-refractivity contribution in [2.75, 3.05) is 7.11 Å². The average Bonchev–Trinajstić information content (AvgIpc) is 2.88. The van der Waals surface area contributed by atoms with Crippen LogP contribution in [0, 0.1) is 0 Å². The lowest BCUT2D eigenvalue weighted by molar-refractivity contribution is -0.362. The topological polar surface area (TPSA) is 48.4 Å². The minimum atomic E-state index is 0.440. The van der Waals surface area contributed by atoms with Gasteiger partial charge in [0.25, 0.3) is 5.82 Å². The van der Waals surface area contributed by atoms with Gasteiger partial charge < -0.3 is 9.47 Å². The van der Waals surface area contributed by atoms with E-state index in [0.29, 0.717) is 6.61 Å². The molecular weight excluding hydrogens is 240 g/mol. The van der Waals surface area contributed by atoms with Crippen LogP contribution in [-0.2, 0) is 6.61 Å². The summed E-state index contributed by atoms with van der Waals surface area (Å²) >= 11 is 0. The van der Waals surface area contributed by atoms with E-state index in [9.17, 15) is 0 Å².